The van der Waals surface area contributed by atoms with E-state index < -0.39 is 0 Å². The van der Waals surface area contributed by atoms with Crippen LogP contribution in [0.2, 0.25) is 0 Å². The first-order chi connectivity index (χ1) is 12.1. The molecule has 0 radical (unpaired) electrons. The molecule has 0 bridgehead atoms. The second kappa shape index (κ2) is 6.30. The van der Waals surface area contributed by atoms with Gasteiger partial charge in [-0.1, -0.05) is 31.6 Å². The van der Waals surface area contributed by atoms with Gasteiger partial charge in [-0.3, -0.25) is 9.69 Å². The number of nitrogens with zero attached hydrogens (tertiary/aromatic N) is 1. The van der Waals surface area contributed by atoms with Gasteiger partial charge in [0.25, 0.3) is 0 Å². The molecule has 5 heteroatoms. The van der Waals surface area contributed by atoms with Crippen molar-refractivity contribution in [2.24, 2.45) is 5.92 Å². The van der Waals surface area contributed by atoms with Crippen molar-refractivity contribution in [1.29, 1.82) is 0 Å². The Balaban J connectivity index is 1.73. The fourth-order valence-corrected chi connectivity index (χ4v) is 4.18. The van der Waals surface area contributed by atoms with Crippen molar-refractivity contribution in [1.82, 2.24) is 15.2 Å². The zero-order chi connectivity index (χ0) is 17.6. The minimum atomic E-state index is -0.227. The van der Waals surface area contributed by atoms with Gasteiger partial charge in [0.2, 0.25) is 5.91 Å². The number of benzene rings is 1. The largest absolute Gasteiger partial charge is 0.356 e. The molecule has 2 atom stereocenters. The Labute approximate surface area is 147 Å². The van der Waals surface area contributed by atoms with Gasteiger partial charge in [-0.05, 0) is 37.1 Å². The quantitative estimate of drug-likeness (QED) is 0.840. The van der Waals surface area contributed by atoms with E-state index in [2.05, 4.69) is 28.2 Å². The molecule has 0 saturated carbocycles. The molecule has 25 heavy (non-hydrogen) atoms. The summed E-state index contributed by atoms with van der Waals surface area (Å²) < 4.78 is 14.3. The van der Waals surface area contributed by atoms with Crippen LogP contribution in [0.15, 0.2) is 24.3 Å². The molecule has 2 unspecified atom stereocenters. The van der Waals surface area contributed by atoms with Gasteiger partial charge in [-0.15, -0.1) is 0 Å². The second-order valence-electron chi connectivity index (χ2n) is 7.18. The second-order valence-corrected chi connectivity index (χ2v) is 7.18. The van der Waals surface area contributed by atoms with E-state index in [1.807, 2.05) is 25.2 Å². The van der Waals surface area contributed by atoms with Crippen LogP contribution in [0.5, 0.6) is 0 Å². The predicted molar refractivity (Wildman–Crippen MR) is 97.8 cm³/mol. The molecule has 1 aliphatic heterocycles. The van der Waals surface area contributed by atoms with E-state index in [-0.39, 0.29) is 23.8 Å². The third-order valence-corrected chi connectivity index (χ3v) is 5.51. The third kappa shape index (κ3) is 2.67. The van der Waals surface area contributed by atoms with E-state index in [0.717, 1.165) is 47.0 Å². The molecule has 2 heterocycles. The summed E-state index contributed by atoms with van der Waals surface area (Å²) in [6.45, 7) is 3.51. The summed E-state index contributed by atoms with van der Waals surface area (Å²) in [5.41, 5.74) is 3.82. The van der Waals surface area contributed by atoms with E-state index in [1.54, 1.807) is 0 Å². The molecule has 2 aliphatic rings. The van der Waals surface area contributed by atoms with Crippen molar-refractivity contribution in [2.75, 3.05) is 20.1 Å². The van der Waals surface area contributed by atoms with Crippen LogP contribution in [0.4, 0.5) is 4.39 Å². The SMILES string of the molecule is CCCCNC(=O)C1C=C2c3cccc4[nH]c(F)c(c34)CC2N(C)C1. The Morgan fingerprint density at radius 3 is 3.08 bits per heavy atom. The molecule has 1 aromatic carbocycles. The lowest BCUT2D eigenvalue weighted by Crippen LogP contribution is -2.46. The molecule has 4 nitrogen and oxygen atoms in total. The standard InChI is InChI=1S/C20H24FN3O/c1-3-4-8-22-20(25)12-9-14-13-6-5-7-16-18(13)15(19(21)23-16)10-17(14)24(2)11-12/h5-7,9,12,17,23H,3-4,8,10-11H2,1-2H3,(H,22,25). The van der Waals surface area contributed by atoms with Crippen LogP contribution >= 0.6 is 0 Å². The highest BCUT2D eigenvalue weighted by atomic mass is 19.1. The lowest BCUT2D eigenvalue weighted by atomic mass is 9.79. The van der Waals surface area contributed by atoms with Crippen LogP contribution < -0.4 is 5.32 Å². The minimum Gasteiger partial charge on any atom is -0.356 e. The lowest BCUT2D eigenvalue weighted by molar-refractivity contribution is -0.124. The number of H-pyrrole nitrogens is 1. The first-order valence-corrected chi connectivity index (χ1v) is 9.09. The summed E-state index contributed by atoms with van der Waals surface area (Å²) in [7, 11) is 2.03. The molecule has 4 rings (SSSR count). The first kappa shape index (κ1) is 16.3. The molecule has 0 spiro atoms. The number of fused-ring (bicyclic) bond motifs is 2. The fourth-order valence-electron chi connectivity index (χ4n) is 4.18. The Kier molecular flexibility index (Phi) is 4.12. The van der Waals surface area contributed by atoms with Crippen molar-refractivity contribution in [3.8, 4) is 0 Å². The summed E-state index contributed by atoms with van der Waals surface area (Å²) in [6.07, 6.45) is 4.82. The van der Waals surface area contributed by atoms with Crippen molar-refractivity contribution in [3.63, 3.8) is 0 Å². The van der Waals surface area contributed by atoms with Crippen LogP contribution in [-0.4, -0.2) is 42.0 Å². The van der Waals surface area contributed by atoms with Gasteiger partial charge in [0.1, 0.15) is 0 Å². The fraction of sp³-hybridized carbons (Fsp3) is 0.450. The average molecular weight is 341 g/mol. The monoisotopic (exact) mass is 341 g/mol. The molecule has 1 aromatic heterocycles. The van der Waals surface area contributed by atoms with Gasteiger partial charge in [0, 0.05) is 35.6 Å². The topological polar surface area (TPSA) is 48.1 Å². The molecular weight excluding hydrogens is 317 g/mol. The Morgan fingerprint density at radius 2 is 2.28 bits per heavy atom. The molecule has 0 saturated heterocycles. The zero-order valence-corrected chi connectivity index (χ0v) is 14.7. The molecule has 2 N–H and O–H groups in total. The number of carbonyl (C=O) groups excluding carboxylic acids is 1. The van der Waals surface area contributed by atoms with E-state index in [0.29, 0.717) is 13.0 Å². The smallest absolute Gasteiger partial charge is 0.228 e. The number of hydrogen-bond acceptors (Lipinski definition) is 2. The van der Waals surface area contributed by atoms with E-state index in [9.17, 15) is 9.18 Å². The maximum Gasteiger partial charge on any atom is 0.228 e. The molecule has 1 amide bonds. The summed E-state index contributed by atoms with van der Waals surface area (Å²) in [5, 5.41) is 4.02. The van der Waals surface area contributed by atoms with Gasteiger partial charge in [0.05, 0.1) is 5.92 Å². The number of likely N-dealkylation sites (N-methyl/N-ethyl adjacent to an activating group) is 1. The Morgan fingerprint density at radius 1 is 1.44 bits per heavy atom. The predicted octanol–water partition coefficient (Wildman–Crippen LogP) is 3.09. The van der Waals surface area contributed by atoms with Crippen LogP contribution in [-0.2, 0) is 11.2 Å². The molecule has 2 aromatic rings. The number of unbranched alkanes of at least 4 members (excludes halogenated alkanes) is 1. The van der Waals surface area contributed by atoms with Gasteiger partial charge >= 0.3 is 0 Å². The van der Waals surface area contributed by atoms with Crippen molar-refractivity contribution >= 4 is 22.4 Å². The third-order valence-electron chi connectivity index (χ3n) is 5.51. The van der Waals surface area contributed by atoms with Crippen LogP contribution in [0.3, 0.4) is 0 Å². The molecular formula is C20H24FN3O. The number of hydrogen-bond donors (Lipinski definition) is 2. The van der Waals surface area contributed by atoms with Crippen molar-refractivity contribution in [2.45, 2.75) is 32.2 Å². The lowest BCUT2D eigenvalue weighted by Gasteiger charge is -2.39. The Bertz CT molecular complexity index is 854. The summed E-state index contributed by atoms with van der Waals surface area (Å²) in [4.78, 5) is 17.6. The number of halogens is 1. The highest BCUT2D eigenvalue weighted by molar-refractivity contribution is 5.99. The maximum atomic E-state index is 14.3. The number of aromatic nitrogens is 1. The van der Waals surface area contributed by atoms with Crippen molar-refractivity contribution in [3.05, 3.63) is 41.3 Å². The number of rotatable bonds is 4. The van der Waals surface area contributed by atoms with Gasteiger partial charge in [0.15, 0.2) is 5.95 Å². The number of carbonyl (C=O) groups is 1. The first-order valence-electron chi connectivity index (χ1n) is 9.09. The average Bonchev–Trinajstić information content (AvgIpc) is 2.93. The highest BCUT2D eigenvalue weighted by Crippen LogP contribution is 2.41. The van der Waals surface area contributed by atoms with Crippen molar-refractivity contribution < 1.29 is 9.18 Å². The summed E-state index contributed by atoms with van der Waals surface area (Å²) in [6, 6.07) is 6.03. The van der Waals surface area contributed by atoms with Crippen LogP contribution in [0, 0.1) is 11.9 Å². The highest BCUT2D eigenvalue weighted by Gasteiger charge is 2.36. The number of amides is 1. The van der Waals surface area contributed by atoms with Crippen LogP contribution in [0.25, 0.3) is 16.5 Å². The van der Waals surface area contributed by atoms with E-state index in [4.69, 9.17) is 0 Å². The van der Waals surface area contributed by atoms with Crippen LogP contribution in [0.1, 0.15) is 30.9 Å². The minimum absolute atomic E-state index is 0.0875. The van der Waals surface area contributed by atoms with Gasteiger partial charge in [-0.25, -0.2) is 0 Å². The van der Waals surface area contributed by atoms with E-state index >= 15 is 0 Å². The number of nitrogens with one attached hydrogen (secondary N) is 2. The zero-order valence-electron chi connectivity index (χ0n) is 14.7. The molecule has 132 valence electrons. The van der Waals surface area contributed by atoms with E-state index in [1.165, 1.54) is 0 Å². The summed E-state index contributed by atoms with van der Waals surface area (Å²) in [5.74, 6) is -0.299. The maximum absolute atomic E-state index is 14.3. The van der Waals surface area contributed by atoms with Gasteiger partial charge < -0.3 is 10.3 Å². The number of aromatic amines is 1. The molecule has 1 aliphatic carbocycles. The van der Waals surface area contributed by atoms with Gasteiger partial charge in [-0.2, -0.15) is 4.39 Å². The summed E-state index contributed by atoms with van der Waals surface area (Å²) >= 11 is 0. The Hall–Kier alpha value is -2.14. The normalized spacial score (nSPS) is 22.6. The molecule has 0 fully saturated rings.